The molecule has 1 unspecified atom stereocenters. The Hall–Kier alpha value is -2.17. The van der Waals surface area contributed by atoms with Gasteiger partial charge in [0.1, 0.15) is 5.82 Å². The number of aromatic nitrogens is 2. The minimum Gasteiger partial charge on any atom is -0.475 e. The van der Waals surface area contributed by atoms with Crippen LogP contribution in [0, 0.1) is 11.3 Å². The van der Waals surface area contributed by atoms with Crippen LogP contribution < -0.4 is 5.32 Å². The van der Waals surface area contributed by atoms with Gasteiger partial charge in [-0.05, 0) is 29.9 Å². The number of nitrogens with one attached hydrogen (secondary N) is 1. The first-order valence-electron chi connectivity index (χ1n) is 6.71. The zero-order valence-corrected chi connectivity index (χ0v) is 11.6. The highest BCUT2D eigenvalue weighted by molar-refractivity contribution is 5.93. The maximum absolute atomic E-state index is 11.1. The number of rotatable bonds is 4. The third-order valence-corrected chi connectivity index (χ3v) is 4.03. The van der Waals surface area contributed by atoms with E-state index in [1.807, 2.05) is 18.2 Å². The summed E-state index contributed by atoms with van der Waals surface area (Å²) in [7, 11) is 0. The number of carbonyl (C=O) groups is 1. The lowest BCUT2D eigenvalue weighted by Gasteiger charge is -2.10. The normalized spacial score (nSPS) is 19.8. The largest absolute Gasteiger partial charge is 0.475 e. The average molecular weight is 271 g/mol. The Morgan fingerprint density at radius 3 is 2.75 bits per heavy atom. The fourth-order valence-corrected chi connectivity index (χ4v) is 2.45. The second-order valence-corrected chi connectivity index (χ2v) is 5.99. The molecule has 2 aromatic rings. The molecule has 0 amide bonds. The van der Waals surface area contributed by atoms with E-state index < -0.39 is 5.97 Å². The van der Waals surface area contributed by atoms with E-state index in [9.17, 15) is 4.79 Å². The van der Waals surface area contributed by atoms with Gasteiger partial charge in [-0.2, -0.15) is 0 Å². The van der Waals surface area contributed by atoms with Crippen molar-refractivity contribution in [2.24, 2.45) is 11.3 Å². The topological polar surface area (TPSA) is 75.1 Å². The minimum absolute atomic E-state index is 0.166. The highest BCUT2D eigenvalue weighted by atomic mass is 16.4. The summed E-state index contributed by atoms with van der Waals surface area (Å²) in [4.78, 5) is 19.3. The van der Waals surface area contributed by atoms with Crippen molar-refractivity contribution in [2.75, 3.05) is 11.9 Å². The highest BCUT2D eigenvalue weighted by Gasteiger charge is 2.45. The van der Waals surface area contributed by atoms with E-state index >= 15 is 0 Å². The number of nitrogens with zero attached hydrogens (tertiary/aromatic N) is 2. The third kappa shape index (κ3) is 2.31. The molecule has 0 spiro atoms. The van der Waals surface area contributed by atoms with Gasteiger partial charge in [0.05, 0.1) is 5.52 Å². The van der Waals surface area contributed by atoms with E-state index in [2.05, 4.69) is 29.1 Å². The van der Waals surface area contributed by atoms with Crippen LogP contribution in [0.25, 0.3) is 10.9 Å². The van der Waals surface area contributed by atoms with Crippen LogP contribution in [-0.2, 0) is 0 Å². The quantitative estimate of drug-likeness (QED) is 0.894. The van der Waals surface area contributed by atoms with Crippen LogP contribution in [0.3, 0.4) is 0 Å². The van der Waals surface area contributed by atoms with Crippen molar-refractivity contribution in [3.05, 3.63) is 30.1 Å². The van der Waals surface area contributed by atoms with Gasteiger partial charge in [-0.3, -0.25) is 0 Å². The molecule has 1 heterocycles. The maximum Gasteiger partial charge on any atom is 0.374 e. The molecule has 5 heteroatoms. The molecule has 1 aromatic carbocycles. The number of hydrogen-bond donors (Lipinski definition) is 2. The van der Waals surface area contributed by atoms with E-state index in [1.54, 1.807) is 6.07 Å². The molecule has 0 aliphatic heterocycles. The first-order valence-corrected chi connectivity index (χ1v) is 6.71. The van der Waals surface area contributed by atoms with Gasteiger partial charge in [0.2, 0.25) is 5.82 Å². The van der Waals surface area contributed by atoms with Gasteiger partial charge in [0.15, 0.2) is 0 Å². The van der Waals surface area contributed by atoms with Gasteiger partial charge in [0, 0.05) is 11.9 Å². The van der Waals surface area contributed by atoms with Crippen LogP contribution in [0.2, 0.25) is 0 Å². The van der Waals surface area contributed by atoms with Crippen LogP contribution in [0.5, 0.6) is 0 Å². The predicted octanol–water partition coefficient (Wildman–Crippen LogP) is 2.79. The van der Waals surface area contributed by atoms with Crippen LogP contribution in [-0.4, -0.2) is 27.6 Å². The van der Waals surface area contributed by atoms with Gasteiger partial charge in [0.25, 0.3) is 0 Å². The maximum atomic E-state index is 11.1. The molecule has 1 aliphatic carbocycles. The van der Waals surface area contributed by atoms with E-state index in [1.165, 1.54) is 6.42 Å². The Labute approximate surface area is 117 Å². The van der Waals surface area contributed by atoms with Crippen LogP contribution in [0.4, 0.5) is 5.82 Å². The molecule has 2 N–H and O–H groups in total. The van der Waals surface area contributed by atoms with Crippen LogP contribution >= 0.6 is 0 Å². The summed E-state index contributed by atoms with van der Waals surface area (Å²) < 4.78 is 0. The molecule has 5 nitrogen and oxygen atoms in total. The van der Waals surface area contributed by atoms with Crippen molar-refractivity contribution in [1.29, 1.82) is 0 Å². The molecule has 0 radical (unpaired) electrons. The zero-order chi connectivity index (χ0) is 14.3. The van der Waals surface area contributed by atoms with Gasteiger partial charge in [-0.1, -0.05) is 26.0 Å². The smallest absolute Gasteiger partial charge is 0.374 e. The lowest BCUT2D eigenvalue weighted by atomic mass is 10.1. The van der Waals surface area contributed by atoms with Gasteiger partial charge < -0.3 is 10.4 Å². The Morgan fingerprint density at radius 2 is 2.10 bits per heavy atom. The van der Waals surface area contributed by atoms with E-state index in [0.717, 1.165) is 11.9 Å². The number of fused-ring (bicyclic) bond motifs is 1. The average Bonchev–Trinajstić information content (AvgIpc) is 3.03. The number of aromatic carboxylic acids is 1. The van der Waals surface area contributed by atoms with Crippen molar-refractivity contribution in [1.82, 2.24) is 9.97 Å². The highest BCUT2D eigenvalue weighted by Crippen LogP contribution is 2.51. The molecule has 104 valence electrons. The summed E-state index contributed by atoms with van der Waals surface area (Å²) in [6, 6.07) is 7.45. The number of carboxylic acids is 1. The molecule has 1 aliphatic rings. The first kappa shape index (κ1) is 12.8. The minimum atomic E-state index is -1.11. The van der Waals surface area contributed by atoms with Crippen LogP contribution in [0.1, 0.15) is 30.9 Å². The van der Waals surface area contributed by atoms with Crippen molar-refractivity contribution in [2.45, 2.75) is 20.3 Å². The second kappa shape index (κ2) is 4.44. The number of carboxylic acid groups (broad SMARTS) is 1. The lowest BCUT2D eigenvalue weighted by Crippen LogP contribution is -2.12. The fraction of sp³-hybridized carbons (Fsp3) is 0.400. The van der Waals surface area contributed by atoms with Gasteiger partial charge in [-0.15, -0.1) is 0 Å². The monoisotopic (exact) mass is 271 g/mol. The Bertz CT molecular complexity index is 682. The summed E-state index contributed by atoms with van der Waals surface area (Å²) in [5.41, 5.74) is 1.03. The first-order chi connectivity index (χ1) is 9.47. The SMILES string of the molecule is CC1(C)CC1CNc1nc(C(=O)O)nc2ccccc12. The molecule has 1 aromatic heterocycles. The van der Waals surface area contributed by atoms with Crippen molar-refractivity contribution in [3.63, 3.8) is 0 Å². The van der Waals surface area contributed by atoms with Crippen molar-refractivity contribution in [3.8, 4) is 0 Å². The molecular formula is C15H17N3O2. The molecule has 1 atom stereocenters. The molecular weight excluding hydrogens is 254 g/mol. The number of anilines is 1. The van der Waals surface area contributed by atoms with Crippen LogP contribution in [0.15, 0.2) is 24.3 Å². The summed E-state index contributed by atoms with van der Waals surface area (Å²) in [6.45, 7) is 5.29. The molecule has 0 bridgehead atoms. The van der Waals surface area contributed by atoms with E-state index in [0.29, 0.717) is 22.7 Å². The van der Waals surface area contributed by atoms with E-state index in [-0.39, 0.29) is 5.82 Å². The third-order valence-electron chi connectivity index (χ3n) is 4.03. The number of hydrogen-bond acceptors (Lipinski definition) is 4. The van der Waals surface area contributed by atoms with E-state index in [4.69, 9.17) is 5.11 Å². The predicted molar refractivity (Wildman–Crippen MR) is 76.9 cm³/mol. The lowest BCUT2D eigenvalue weighted by molar-refractivity contribution is 0.0684. The molecule has 20 heavy (non-hydrogen) atoms. The summed E-state index contributed by atoms with van der Waals surface area (Å²) in [5, 5.41) is 13.2. The molecule has 1 fully saturated rings. The second-order valence-electron chi connectivity index (χ2n) is 5.99. The fourth-order valence-electron chi connectivity index (χ4n) is 2.45. The summed E-state index contributed by atoms with van der Waals surface area (Å²) >= 11 is 0. The van der Waals surface area contributed by atoms with Gasteiger partial charge >= 0.3 is 5.97 Å². The molecule has 0 saturated heterocycles. The Kier molecular flexibility index (Phi) is 2.85. The molecule has 3 rings (SSSR count). The van der Waals surface area contributed by atoms with Crippen molar-refractivity contribution < 1.29 is 9.90 Å². The summed E-state index contributed by atoms with van der Waals surface area (Å²) in [5.74, 6) is -0.0491. The summed E-state index contributed by atoms with van der Waals surface area (Å²) in [6.07, 6.45) is 1.19. The zero-order valence-electron chi connectivity index (χ0n) is 11.6. The van der Waals surface area contributed by atoms with Crippen molar-refractivity contribution >= 4 is 22.7 Å². The Morgan fingerprint density at radius 1 is 1.40 bits per heavy atom. The van der Waals surface area contributed by atoms with Gasteiger partial charge in [-0.25, -0.2) is 14.8 Å². The molecule has 1 saturated carbocycles. The standard InChI is InChI=1S/C15H17N3O2/c1-15(2)7-9(15)8-16-12-10-5-3-4-6-11(10)17-13(18-12)14(19)20/h3-6,9H,7-8H2,1-2H3,(H,19,20)(H,16,17,18). The number of benzene rings is 1. The Balaban J connectivity index is 1.93. The number of para-hydroxylation sites is 1.